The third kappa shape index (κ3) is 4.41. The SMILES string of the molecule is CCCn1c(=NC(=O)CCOc2ccccc2)sc2cc(CC)ccc21. The summed E-state index contributed by atoms with van der Waals surface area (Å²) in [5.41, 5.74) is 2.46. The summed E-state index contributed by atoms with van der Waals surface area (Å²) < 4.78 is 8.93. The summed E-state index contributed by atoms with van der Waals surface area (Å²) in [5, 5.41) is 0. The Balaban J connectivity index is 1.78. The molecule has 0 spiro atoms. The van der Waals surface area contributed by atoms with E-state index in [0.29, 0.717) is 6.61 Å². The Labute approximate surface area is 157 Å². The number of rotatable bonds is 7. The molecule has 1 amide bonds. The highest BCUT2D eigenvalue weighted by Crippen LogP contribution is 2.20. The molecule has 0 aliphatic rings. The van der Waals surface area contributed by atoms with Crippen LogP contribution in [-0.4, -0.2) is 17.1 Å². The summed E-state index contributed by atoms with van der Waals surface area (Å²) in [4.78, 5) is 17.4. The van der Waals surface area contributed by atoms with Crippen LogP contribution in [0.25, 0.3) is 10.2 Å². The van der Waals surface area contributed by atoms with Crippen molar-refractivity contribution in [2.24, 2.45) is 4.99 Å². The van der Waals surface area contributed by atoms with Gasteiger partial charge in [0.2, 0.25) is 0 Å². The zero-order valence-electron chi connectivity index (χ0n) is 15.3. The maximum absolute atomic E-state index is 12.3. The highest BCUT2D eigenvalue weighted by molar-refractivity contribution is 7.16. The normalized spacial score (nSPS) is 11.8. The second kappa shape index (κ2) is 8.81. The molecular weight excluding hydrogens is 344 g/mol. The van der Waals surface area contributed by atoms with Crippen molar-refractivity contribution in [3.05, 3.63) is 58.9 Å². The average Bonchev–Trinajstić information content (AvgIpc) is 2.99. The number of aromatic nitrogens is 1. The second-order valence-corrected chi connectivity index (χ2v) is 7.12. The van der Waals surface area contributed by atoms with Crippen LogP contribution in [0.5, 0.6) is 5.75 Å². The molecule has 0 unspecified atom stereocenters. The minimum Gasteiger partial charge on any atom is -0.493 e. The Morgan fingerprint density at radius 1 is 1.15 bits per heavy atom. The highest BCUT2D eigenvalue weighted by Gasteiger charge is 2.08. The van der Waals surface area contributed by atoms with E-state index in [1.54, 1.807) is 11.3 Å². The quantitative estimate of drug-likeness (QED) is 0.613. The fraction of sp³-hybridized carbons (Fsp3) is 0.333. The molecule has 26 heavy (non-hydrogen) atoms. The molecule has 0 aliphatic heterocycles. The molecule has 0 fully saturated rings. The van der Waals surface area contributed by atoms with E-state index in [4.69, 9.17) is 4.74 Å². The van der Waals surface area contributed by atoms with Crippen molar-refractivity contribution < 1.29 is 9.53 Å². The number of aryl methyl sites for hydroxylation is 2. The van der Waals surface area contributed by atoms with Gasteiger partial charge >= 0.3 is 0 Å². The Kier molecular flexibility index (Phi) is 6.23. The van der Waals surface area contributed by atoms with Crippen molar-refractivity contribution in [2.45, 2.75) is 39.7 Å². The number of carbonyl (C=O) groups is 1. The van der Waals surface area contributed by atoms with Gasteiger partial charge in [0, 0.05) is 6.54 Å². The first-order valence-electron chi connectivity index (χ1n) is 9.09. The third-order valence-corrected chi connectivity index (χ3v) is 5.19. The molecule has 2 aromatic carbocycles. The molecule has 4 nitrogen and oxygen atoms in total. The predicted molar refractivity (Wildman–Crippen MR) is 107 cm³/mol. The number of nitrogens with zero attached hydrogens (tertiary/aromatic N) is 2. The molecule has 3 aromatic rings. The van der Waals surface area contributed by atoms with Crippen molar-refractivity contribution in [3.8, 4) is 5.75 Å². The van der Waals surface area contributed by atoms with E-state index in [2.05, 4.69) is 41.6 Å². The standard InChI is InChI=1S/C21H24N2O2S/c1-3-13-23-18-11-10-16(4-2)15-19(18)26-21(23)22-20(24)12-14-25-17-8-6-5-7-9-17/h5-11,15H,3-4,12-14H2,1-2H3. The van der Waals surface area contributed by atoms with Crippen LogP contribution in [0.2, 0.25) is 0 Å². The molecule has 0 atom stereocenters. The number of para-hydroxylation sites is 1. The number of ether oxygens (including phenoxy) is 1. The number of hydrogen-bond donors (Lipinski definition) is 0. The zero-order valence-corrected chi connectivity index (χ0v) is 16.1. The zero-order chi connectivity index (χ0) is 18.4. The molecule has 1 heterocycles. The lowest BCUT2D eigenvalue weighted by Crippen LogP contribution is -2.17. The van der Waals surface area contributed by atoms with Crippen LogP contribution >= 0.6 is 11.3 Å². The van der Waals surface area contributed by atoms with Crippen molar-refractivity contribution in [1.82, 2.24) is 4.57 Å². The summed E-state index contributed by atoms with van der Waals surface area (Å²) >= 11 is 1.59. The predicted octanol–water partition coefficient (Wildman–Crippen LogP) is 4.57. The summed E-state index contributed by atoms with van der Waals surface area (Å²) in [5.74, 6) is 0.628. The Hall–Kier alpha value is -2.40. The first-order valence-corrected chi connectivity index (χ1v) is 9.90. The van der Waals surface area contributed by atoms with Gasteiger partial charge in [0.1, 0.15) is 5.75 Å². The number of benzene rings is 2. The number of amides is 1. The monoisotopic (exact) mass is 368 g/mol. The lowest BCUT2D eigenvalue weighted by molar-refractivity contribution is -0.118. The van der Waals surface area contributed by atoms with Crippen molar-refractivity contribution >= 4 is 27.5 Å². The van der Waals surface area contributed by atoms with Crippen LogP contribution in [0, 0.1) is 0 Å². The number of fused-ring (bicyclic) bond motifs is 1. The number of carbonyl (C=O) groups excluding carboxylic acids is 1. The van der Waals surface area contributed by atoms with E-state index in [-0.39, 0.29) is 12.3 Å². The van der Waals surface area contributed by atoms with Crippen LogP contribution in [0.4, 0.5) is 0 Å². The third-order valence-electron chi connectivity index (χ3n) is 4.15. The lowest BCUT2D eigenvalue weighted by atomic mass is 10.2. The average molecular weight is 369 g/mol. The van der Waals surface area contributed by atoms with Gasteiger partial charge in [0.05, 0.1) is 23.2 Å². The first kappa shape index (κ1) is 18.4. The molecule has 0 radical (unpaired) electrons. The van der Waals surface area contributed by atoms with Crippen LogP contribution in [0.15, 0.2) is 53.5 Å². The van der Waals surface area contributed by atoms with Gasteiger partial charge in [-0.05, 0) is 42.7 Å². The summed E-state index contributed by atoms with van der Waals surface area (Å²) in [6.45, 7) is 5.48. The van der Waals surface area contributed by atoms with Gasteiger partial charge in [-0.25, -0.2) is 0 Å². The molecule has 136 valence electrons. The van der Waals surface area contributed by atoms with E-state index in [1.165, 1.54) is 10.3 Å². The highest BCUT2D eigenvalue weighted by atomic mass is 32.1. The van der Waals surface area contributed by atoms with Crippen molar-refractivity contribution in [1.29, 1.82) is 0 Å². The maximum atomic E-state index is 12.3. The smallest absolute Gasteiger partial charge is 0.251 e. The van der Waals surface area contributed by atoms with Crippen LogP contribution in [-0.2, 0) is 17.8 Å². The van der Waals surface area contributed by atoms with E-state index in [0.717, 1.165) is 35.5 Å². The van der Waals surface area contributed by atoms with Crippen LogP contribution < -0.4 is 9.54 Å². The molecule has 0 saturated heterocycles. The number of thiazole rings is 1. The van der Waals surface area contributed by atoms with Gasteiger partial charge in [0.25, 0.3) is 5.91 Å². The maximum Gasteiger partial charge on any atom is 0.251 e. The molecule has 1 aromatic heterocycles. The van der Waals surface area contributed by atoms with E-state index in [9.17, 15) is 4.79 Å². The molecule has 5 heteroatoms. The first-order chi connectivity index (χ1) is 12.7. The molecule has 0 saturated carbocycles. The topological polar surface area (TPSA) is 43.6 Å². The van der Waals surface area contributed by atoms with Crippen LogP contribution in [0.3, 0.4) is 0 Å². The van der Waals surface area contributed by atoms with Gasteiger partial charge in [-0.3, -0.25) is 4.79 Å². The van der Waals surface area contributed by atoms with Gasteiger partial charge in [-0.2, -0.15) is 4.99 Å². The Bertz CT molecular complexity index is 942. The minimum atomic E-state index is -0.145. The van der Waals surface area contributed by atoms with Gasteiger partial charge < -0.3 is 9.30 Å². The van der Waals surface area contributed by atoms with Gasteiger partial charge in [-0.15, -0.1) is 0 Å². The summed E-state index contributed by atoms with van der Waals surface area (Å²) in [6, 6.07) is 16.0. The fourth-order valence-corrected chi connectivity index (χ4v) is 3.94. The molecule has 0 aliphatic carbocycles. The molecule has 0 N–H and O–H groups in total. The molecule has 0 bridgehead atoms. The Morgan fingerprint density at radius 3 is 2.69 bits per heavy atom. The van der Waals surface area contributed by atoms with Gasteiger partial charge in [0.15, 0.2) is 4.80 Å². The summed E-state index contributed by atoms with van der Waals surface area (Å²) in [6.07, 6.45) is 2.28. The van der Waals surface area contributed by atoms with Crippen molar-refractivity contribution in [2.75, 3.05) is 6.61 Å². The minimum absolute atomic E-state index is 0.145. The fourth-order valence-electron chi connectivity index (χ4n) is 2.80. The van der Waals surface area contributed by atoms with E-state index >= 15 is 0 Å². The summed E-state index contributed by atoms with van der Waals surface area (Å²) in [7, 11) is 0. The van der Waals surface area contributed by atoms with Crippen LogP contribution in [0.1, 0.15) is 32.3 Å². The molecular formula is C21H24N2O2S. The van der Waals surface area contributed by atoms with E-state index in [1.807, 2.05) is 30.3 Å². The molecule has 3 rings (SSSR count). The second-order valence-electron chi connectivity index (χ2n) is 6.11. The largest absolute Gasteiger partial charge is 0.493 e. The van der Waals surface area contributed by atoms with Gasteiger partial charge in [-0.1, -0.05) is 49.4 Å². The lowest BCUT2D eigenvalue weighted by Gasteiger charge is -2.04. The van der Waals surface area contributed by atoms with Crippen molar-refractivity contribution in [3.63, 3.8) is 0 Å². The Morgan fingerprint density at radius 2 is 1.96 bits per heavy atom. The number of hydrogen-bond acceptors (Lipinski definition) is 3. The van der Waals surface area contributed by atoms with E-state index < -0.39 is 0 Å².